The zero-order valence-corrected chi connectivity index (χ0v) is 14.5. The van der Waals surface area contributed by atoms with Gasteiger partial charge in [0, 0.05) is 38.9 Å². The molecule has 3 aromatic rings. The van der Waals surface area contributed by atoms with E-state index in [0.717, 1.165) is 44.2 Å². The van der Waals surface area contributed by atoms with Crippen molar-refractivity contribution in [3.05, 3.63) is 30.5 Å². The fourth-order valence-corrected chi connectivity index (χ4v) is 2.96. The van der Waals surface area contributed by atoms with Crippen LogP contribution in [-0.4, -0.2) is 63.0 Å². The summed E-state index contributed by atoms with van der Waals surface area (Å²) in [6.07, 6.45) is 1.73. The van der Waals surface area contributed by atoms with E-state index in [1.165, 1.54) is 0 Å². The van der Waals surface area contributed by atoms with Gasteiger partial charge in [-0.2, -0.15) is 10.1 Å². The second-order valence-corrected chi connectivity index (χ2v) is 6.13. The lowest BCUT2D eigenvalue weighted by Crippen LogP contribution is -2.44. The van der Waals surface area contributed by atoms with Crippen molar-refractivity contribution in [2.45, 2.75) is 13.5 Å². The van der Waals surface area contributed by atoms with E-state index in [2.05, 4.69) is 32.1 Å². The number of hydrogen-bond acceptors (Lipinski definition) is 7. The third-order valence-electron chi connectivity index (χ3n) is 4.45. The van der Waals surface area contributed by atoms with Crippen molar-refractivity contribution in [2.24, 2.45) is 0 Å². The first-order valence-corrected chi connectivity index (χ1v) is 8.51. The summed E-state index contributed by atoms with van der Waals surface area (Å²) in [5, 5.41) is 8.34. The Labute approximate surface area is 146 Å². The molecule has 0 saturated carbocycles. The quantitative estimate of drug-likeness (QED) is 0.717. The fourth-order valence-electron chi connectivity index (χ4n) is 2.96. The maximum absolute atomic E-state index is 5.42. The van der Waals surface area contributed by atoms with Crippen LogP contribution < -0.4 is 4.90 Å². The van der Waals surface area contributed by atoms with Crippen molar-refractivity contribution in [3.8, 4) is 23.1 Å². The molecule has 1 aliphatic heterocycles. The number of hydrogen-bond donors (Lipinski definition) is 0. The standard InChI is InChI=1S/C17H21N7O/c1-3-24-14(7-8-18-24)17-20-16(21-25-17)13-5-4-6-15(19-13)23-11-9-22(2)10-12-23/h4-8H,3,9-12H2,1-2H3. The summed E-state index contributed by atoms with van der Waals surface area (Å²) in [4.78, 5) is 13.8. The first-order valence-electron chi connectivity index (χ1n) is 8.51. The van der Waals surface area contributed by atoms with Crippen molar-refractivity contribution in [1.29, 1.82) is 0 Å². The van der Waals surface area contributed by atoms with E-state index in [9.17, 15) is 0 Å². The molecule has 1 fully saturated rings. The van der Waals surface area contributed by atoms with Crippen molar-refractivity contribution >= 4 is 5.82 Å². The number of aryl methyl sites for hydroxylation is 1. The number of likely N-dealkylation sites (N-methyl/N-ethyl adjacent to an activating group) is 1. The van der Waals surface area contributed by atoms with Gasteiger partial charge in [-0.1, -0.05) is 11.2 Å². The molecule has 25 heavy (non-hydrogen) atoms. The number of aromatic nitrogens is 5. The summed E-state index contributed by atoms with van der Waals surface area (Å²) in [5.41, 5.74) is 1.53. The van der Waals surface area contributed by atoms with Crippen molar-refractivity contribution < 1.29 is 4.52 Å². The normalized spacial score (nSPS) is 15.7. The number of piperazine rings is 1. The maximum atomic E-state index is 5.42. The first-order chi connectivity index (χ1) is 12.2. The van der Waals surface area contributed by atoms with Gasteiger partial charge in [0.25, 0.3) is 5.89 Å². The minimum Gasteiger partial charge on any atom is -0.354 e. The Morgan fingerprint density at radius 2 is 1.92 bits per heavy atom. The summed E-state index contributed by atoms with van der Waals surface area (Å²) >= 11 is 0. The molecule has 4 rings (SSSR count). The van der Waals surface area contributed by atoms with Crippen LogP contribution in [0.1, 0.15) is 6.92 Å². The lowest BCUT2D eigenvalue weighted by atomic mass is 10.3. The molecule has 0 radical (unpaired) electrons. The second-order valence-electron chi connectivity index (χ2n) is 6.13. The van der Waals surface area contributed by atoms with Crippen molar-refractivity contribution in [1.82, 2.24) is 29.8 Å². The molecular weight excluding hydrogens is 318 g/mol. The lowest BCUT2D eigenvalue weighted by molar-refractivity contribution is 0.312. The summed E-state index contributed by atoms with van der Waals surface area (Å²) in [5.74, 6) is 1.91. The molecule has 130 valence electrons. The zero-order chi connectivity index (χ0) is 17.2. The SMILES string of the molecule is CCn1nccc1-c1nc(-c2cccc(N3CCN(C)CC3)n2)no1. The van der Waals surface area contributed by atoms with Crippen molar-refractivity contribution in [3.63, 3.8) is 0 Å². The molecule has 0 unspecified atom stereocenters. The van der Waals surface area contributed by atoms with E-state index >= 15 is 0 Å². The third-order valence-corrected chi connectivity index (χ3v) is 4.45. The van der Waals surface area contributed by atoms with Gasteiger partial charge in [0.1, 0.15) is 17.2 Å². The molecule has 0 spiro atoms. The maximum Gasteiger partial charge on any atom is 0.276 e. The van der Waals surface area contributed by atoms with Crippen LogP contribution in [0.5, 0.6) is 0 Å². The molecule has 0 aromatic carbocycles. The average Bonchev–Trinajstić information content (AvgIpc) is 3.31. The minimum absolute atomic E-state index is 0.459. The summed E-state index contributed by atoms with van der Waals surface area (Å²) in [7, 11) is 2.14. The highest BCUT2D eigenvalue weighted by molar-refractivity contribution is 5.57. The molecule has 3 aromatic heterocycles. The zero-order valence-electron chi connectivity index (χ0n) is 14.5. The van der Waals surface area contributed by atoms with Gasteiger partial charge in [0.15, 0.2) is 0 Å². The van der Waals surface area contributed by atoms with Gasteiger partial charge in [-0.15, -0.1) is 0 Å². The van der Waals surface area contributed by atoms with Crippen molar-refractivity contribution in [2.75, 3.05) is 38.1 Å². The van der Waals surface area contributed by atoms with Crippen LogP contribution >= 0.6 is 0 Å². The predicted octanol–water partition coefficient (Wildman–Crippen LogP) is 1.77. The van der Waals surface area contributed by atoms with Gasteiger partial charge < -0.3 is 14.3 Å². The van der Waals surface area contributed by atoms with Crippen LogP contribution in [0.2, 0.25) is 0 Å². The van der Waals surface area contributed by atoms with Gasteiger partial charge in [-0.05, 0) is 32.2 Å². The number of anilines is 1. The van der Waals surface area contributed by atoms with Gasteiger partial charge >= 0.3 is 0 Å². The minimum atomic E-state index is 0.459. The average molecular weight is 339 g/mol. The highest BCUT2D eigenvalue weighted by atomic mass is 16.5. The topological polar surface area (TPSA) is 76.1 Å². The Bertz CT molecular complexity index is 848. The molecule has 1 saturated heterocycles. The highest BCUT2D eigenvalue weighted by Gasteiger charge is 2.18. The molecule has 0 atom stereocenters. The van der Waals surface area contributed by atoms with Crippen LogP contribution in [0.4, 0.5) is 5.82 Å². The summed E-state index contributed by atoms with van der Waals surface area (Å²) in [6, 6.07) is 7.80. The molecule has 0 amide bonds. The van der Waals surface area contributed by atoms with Gasteiger partial charge in [0.05, 0.1) is 0 Å². The Morgan fingerprint density at radius 1 is 1.08 bits per heavy atom. The molecule has 1 aliphatic rings. The number of rotatable bonds is 4. The van der Waals surface area contributed by atoms with Gasteiger partial charge in [0.2, 0.25) is 5.82 Å². The largest absolute Gasteiger partial charge is 0.354 e. The molecule has 4 heterocycles. The second kappa shape index (κ2) is 6.64. The molecule has 8 nitrogen and oxygen atoms in total. The van der Waals surface area contributed by atoms with E-state index in [4.69, 9.17) is 9.51 Å². The first kappa shape index (κ1) is 15.8. The van der Waals surface area contributed by atoms with E-state index in [1.807, 2.05) is 35.9 Å². The summed E-state index contributed by atoms with van der Waals surface area (Å²) in [6.45, 7) is 6.80. The lowest BCUT2D eigenvalue weighted by Gasteiger charge is -2.33. The number of nitrogens with zero attached hydrogens (tertiary/aromatic N) is 7. The Balaban J connectivity index is 1.59. The highest BCUT2D eigenvalue weighted by Crippen LogP contribution is 2.23. The van der Waals surface area contributed by atoms with Crippen LogP contribution in [0, 0.1) is 0 Å². The molecule has 0 bridgehead atoms. The monoisotopic (exact) mass is 339 g/mol. The smallest absolute Gasteiger partial charge is 0.276 e. The van der Waals surface area contributed by atoms with Gasteiger partial charge in [-0.25, -0.2) is 4.98 Å². The van der Waals surface area contributed by atoms with Crippen LogP contribution in [0.15, 0.2) is 35.0 Å². The third kappa shape index (κ3) is 3.12. The Morgan fingerprint density at radius 3 is 2.72 bits per heavy atom. The van der Waals surface area contributed by atoms with Crippen LogP contribution in [0.3, 0.4) is 0 Å². The van der Waals surface area contributed by atoms with Crippen LogP contribution in [0.25, 0.3) is 23.1 Å². The Kier molecular flexibility index (Phi) is 4.19. The van der Waals surface area contributed by atoms with E-state index in [1.54, 1.807) is 6.20 Å². The van der Waals surface area contributed by atoms with E-state index in [0.29, 0.717) is 17.4 Å². The predicted molar refractivity (Wildman–Crippen MR) is 94.1 cm³/mol. The summed E-state index contributed by atoms with van der Waals surface area (Å²) < 4.78 is 7.25. The fraction of sp³-hybridized carbons (Fsp3) is 0.412. The van der Waals surface area contributed by atoms with Crippen LogP contribution in [-0.2, 0) is 6.54 Å². The molecule has 0 aliphatic carbocycles. The number of pyridine rings is 1. The Hall–Kier alpha value is -2.74. The molecule has 8 heteroatoms. The van der Waals surface area contributed by atoms with Gasteiger partial charge in [-0.3, -0.25) is 4.68 Å². The van der Waals surface area contributed by atoms with E-state index < -0.39 is 0 Å². The molecular formula is C17H21N7O. The van der Waals surface area contributed by atoms with E-state index in [-0.39, 0.29) is 0 Å². The molecule has 0 N–H and O–H groups in total.